The Morgan fingerprint density at radius 1 is 1.22 bits per heavy atom. The van der Waals surface area contributed by atoms with E-state index in [2.05, 4.69) is 36.3 Å². The number of imidazole rings is 1. The van der Waals surface area contributed by atoms with E-state index in [-0.39, 0.29) is 5.91 Å². The minimum absolute atomic E-state index is 0.0293. The first kappa shape index (κ1) is 19.0. The number of aryl methyl sites for hydroxylation is 1. The second-order valence-electron chi connectivity index (χ2n) is 6.22. The number of benzene rings is 2. The van der Waals surface area contributed by atoms with Crippen LogP contribution >= 0.6 is 11.8 Å². The Kier molecular flexibility index (Phi) is 6.19. The summed E-state index contributed by atoms with van der Waals surface area (Å²) in [5.74, 6) is 1.07. The monoisotopic (exact) mass is 381 g/mol. The maximum Gasteiger partial charge on any atom is 0.230 e. The molecule has 0 spiro atoms. The number of aromatic nitrogens is 2. The number of nitrogens with one attached hydrogen (secondary N) is 1. The summed E-state index contributed by atoms with van der Waals surface area (Å²) in [5.41, 5.74) is 4.53. The molecule has 0 aliphatic carbocycles. The van der Waals surface area contributed by atoms with Crippen molar-refractivity contribution >= 4 is 17.7 Å². The van der Waals surface area contributed by atoms with Crippen molar-refractivity contribution in [3.63, 3.8) is 0 Å². The first-order valence-electron chi connectivity index (χ1n) is 8.71. The van der Waals surface area contributed by atoms with Gasteiger partial charge in [0.15, 0.2) is 5.16 Å². The second kappa shape index (κ2) is 8.77. The van der Waals surface area contributed by atoms with Gasteiger partial charge in [0.05, 0.1) is 18.6 Å². The van der Waals surface area contributed by atoms with Crippen molar-refractivity contribution in [2.45, 2.75) is 25.5 Å². The molecule has 0 atom stereocenters. The first-order chi connectivity index (χ1) is 13.1. The third-order valence-corrected chi connectivity index (χ3v) is 5.37. The molecule has 5 nitrogen and oxygen atoms in total. The zero-order chi connectivity index (χ0) is 19.2. The number of nitrogens with zero attached hydrogens (tertiary/aromatic N) is 2. The normalized spacial score (nSPS) is 10.6. The number of hydrogen-bond donors (Lipinski definition) is 1. The lowest BCUT2D eigenvalue weighted by Gasteiger charge is -2.12. The van der Waals surface area contributed by atoms with Gasteiger partial charge in [0.25, 0.3) is 0 Å². The lowest BCUT2D eigenvalue weighted by molar-refractivity contribution is -0.118. The van der Waals surface area contributed by atoms with Gasteiger partial charge in [0, 0.05) is 18.9 Å². The van der Waals surface area contributed by atoms with Crippen molar-refractivity contribution in [1.82, 2.24) is 14.9 Å². The van der Waals surface area contributed by atoms with E-state index in [9.17, 15) is 4.79 Å². The molecule has 0 fully saturated rings. The van der Waals surface area contributed by atoms with E-state index in [1.807, 2.05) is 41.1 Å². The van der Waals surface area contributed by atoms with E-state index in [1.165, 1.54) is 22.9 Å². The molecule has 140 valence electrons. The standard InChI is InChI=1S/C21H23N3O2S/c1-15-6-4-9-19(16(15)2)24-11-10-22-21(24)27-14-20(25)23-13-17-7-5-8-18(12-17)26-3/h4-12H,13-14H2,1-3H3,(H,23,25). The van der Waals surface area contributed by atoms with Crippen molar-refractivity contribution in [3.05, 3.63) is 71.5 Å². The van der Waals surface area contributed by atoms with Crippen LogP contribution in [-0.4, -0.2) is 28.3 Å². The van der Waals surface area contributed by atoms with E-state index >= 15 is 0 Å². The fourth-order valence-electron chi connectivity index (χ4n) is 2.74. The van der Waals surface area contributed by atoms with Crippen molar-refractivity contribution in [2.75, 3.05) is 12.9 Å². The molecular weight excluding hydrogens is 358 g/mol. The number of methoxy groups -OCH3 is 1. The molecule has 0 radical (unpaired) electrons. The first-order valence-corrected chi connectivity index (χ1v) is 9.69. The molecule has 3 aromatic rings. The number of carbonyl (C=O) groups excluding carboxylic acids is 1. The quantitative estimate of drug-likeness (QED) is 0.631. The number of thioether (sulfide) groups is 1. The summed E-state index contributed by atoms with van der Waals surface area (Å²) in [5, 5.41) is 3.75. The van der Waals surface area contributed by atoms with E-state index in [1.54, 1.807) is 13.3 Å². The summed E-state index contributed by atoms with van der Waals surface area (Å²) in [6.07, 6.45) is 3.69. The van der Waals surface area contributed by atoms with Gasteiger partial charge in [-0.05, 0) is 48.7 Å². The molecule has 6 heteroatoms. The van der Waals surface area contributed by atoms with Crippen LogP contribution in [-0.2, 0) is 11.3 Å². The molecule has 2 aromatic carbocycles. The Balaban J connectivity index is 1.60. The summed E-state index contributed by atoms with van der Waals surface area (Å²) in [6, 6.07) is 13.9. The predicted octanol–water partition coefficient (Wildman–Crippen LogP) is 3.91. The van der Waals surface area contributed by atoms with Crippen LogP contribution in [0.4, 0.5) is 0 Å². The number of carbonyl (C=O) groups is 1. The Morgan fingerprint density at radius 3 is 2.85 bits per heavy atom. The minimum atomic E-state index is -0.0293. The third kappa shape index (κ3) is 4.71. The molecule has 0 aliphatic heterocycles. The van der Waals surface area contributed by atoms with Crippen molar-refractivity contribution < 1.29 is 9.53 Å². The van der Waals surface area contributed by atoms with Crippen LogP contribution in [0.25, 0.3) is 5.69 Å². The summed E-state index contributed by atoms with van der Waals surface area (Å²) in [4.78, 5) is 16.6. The zero-order valence-corrected chi connectivity index (χ0v) is 16.5. The zero-order valence-electron chi connectivity index (χ0n) is 15.7. The van der Waals surface area contributed by atoms with Crippen molar-refractivity contribution in [2.24, 2.45) is 0 Å². The molecule has 27 heavy (non-hydrogen) atoms. The highest BCUT2D eigenvalue weighted by Gasteiger charge is 2.11. The number of hydrogen-bond acceptors (Lipinski definition) is 4. The van der Waals surface area contributed by atoms with Crippen LogP contribution in [0, 0.1) is 13.8 Å². The molecule has 1 N–H and O–H groups in total. The fraction of sp³-hybridized carbons (Fsp3) is 0.238. The van der Waals surface area contributed by atoms with Gasteiger partial charge in [-0.25, -0.2) is 4.98 Å². The van der Waals surface area contributed by atoms with Crippen LogP contribution in [0.2, 0.25) is 0 Å². The number of amides is 1. The highest BCUT2D eigenvalue weighted by Crippen LogP contribution is 2.24. The van der Waals surface area contributed by atoms with E-state index in [0.717, 1.165) is 22.2 Å². The maximum absolute atomic E-state index is 12.2. The third-order valence-electron chi connectivity index (χ3n) is 4.40. The van der Waals surface area contributed by atoms with E-state index in [4.69, 9.17) is 4.74 Å². The molecule has 0 bridgehead atoms. The highest BCUT2D eigenvalue weighted by molar-refractivity contribution is 7.99. The Morgan fingerprint density at radius 2 is 2.04 bits per heavy atom. The van der Waals surface area contributed by atoms with Gasteiger partial charge in [-0.2, -0.15) is 0 Å². The summed E-state index contributed by atoms with van der Waals surface area (Å²) >= 11 is 1.43. The fourth-order valence-corrected chi connectivity index (χ4v) is 3.54. The molecule has 1 heterocycles. The Hall–Kier alpha value is -2.73. The topological polar surface area (TPSA) is 56.1 Å². The van der Waals surface area contributed by atoms with Gasteiger partial charge in [-0.15, -0.1) is 0 Å². The van der Waals surface area contributed by atoms with Gasteiger partial charge < -0.3 is 10.1 Å². The predicted molar refractivity (Wildman–Crippen MR) is 109 cm³/mol. The average Bonchev–Trinajstić information content (AvgIpc) is 3.15. The van der Waals surface area contributed by atoms with Crippen molar-refractivity contribution in [3.8, 4) is 11.4 Å². The average molecular weight is 382 g/mol. The van der Waals surface area contributed by atoms with Crippen molar-refractivity contribution in [1.29, 1.82) is 0 Å². The molecule has 0 saturated heterocycles. The van der Waals surface area contributed by atoms with Gasteiger partial charge in [0.2, 0.25) is 5.91 Å². The van der Waals surface area contributed by atoms with E-state index in [0.29, 0.717) is 12.3 Å². The summed E-state index contributed by atoms with van der Waals surface area (Å²) < 4.78 is 7.23. The molecule has 0 aliphatic rings. The lowest BCUT2D eigenvalue weighted by atomic mass is 10.1. The molecule has 0 unspecified atom stereocenters. The molecule has 3 rings (SSSR count). The Bertz CT molecular complexity index is 937. The molecule has 1 aromatic heterocycles. The smallest absolute Gasteiger partial charge is 0.230 e. The van der Waals surface area contributed by atoms with Gasteiger partial charge in [-0.3, -0.25) is 9.36 Å². The van der Waals surface area contributed by atoms with Crippen LogP contribution in [0.3, 0.4) is 0 Å². The minimum Gasteiger partial charge on any atom is -0.497 e. The second-order valence-corrected chi connectivity index (χ2v) is 7.16. The van der Waals surface area contributed by atoms with Crippen LogP contribution in [0.1, 0.15) is 16.7 Å². The molecule has 0 saturated carbocycles. The van der Waals surface area contributed by atoms with Crippen LogP contribution in [0.5, 0.6) is 5.75 Å². The highest BCUT2D eigenvalue weighted by atomic mass is 32.2. The lowest BCUT2D eigenvalue weighted by Crippen LogP contribution is -2.24. The maximum atomic E-state index is 12.2. The van der Waals surface area contributed by atoms with Gasteiger partial charge in [-0.1, -0.05) is 36.0 Å². The molecular formula is C21H23N3O2S. The largest absolute Gasteiger partial charge is 0.497 e. The van der Waals surface area contributed by atoms with Crippen LogP contribution in [0.15, 0.2) is 60.0 Å². The molecule has 1 amide bonds. The van der Waals surface area contributed by atoms with E-state index < -0.39 is 0 Å². The summed E-state index contributed by atoms with van der Waals surface area (Å²) in [7, 11) is 1.63. The van der Waals surface area contributed by atoms with Gasteiger partial charge in [0.1, 0.15) is 5.75 Å². The number of ether oxygens (including phenoxy) is 1. The van der Waals surface area contributed by atoms with Gasteiger partial charge >= 0.3 is 0 Å². The SMILES string of the molecule is COc1cccc(CNC(=O)CSc2nccn2-c2cccc(C)c2C)c1. The Labute approximate surface area is 163 Å². The van der Waals surface area contributed by atoms with Crippen LogP contribution < -0.4 is 10.1 Å². The number of rotatable bonds is 7. The summed E-state index contributed by atoms with van der Waals surface area (Å²) in [6.45, 7) is 4.66.